The molecular formula is C19H18F2N6. The molecule has 1 atom stereocenters. The fourth-order valence-electron chi connectivity index (χ4n) is 3.96. The van der Waals surface area contributed by atoms with Crippen LogP contribution < -0.4 is 5.32 Å². The fourth-order valence-corrected chi connectivity index (χ4v) is 3.96. The summed E-state index contributed by atoms with van der Waals surface area (Å²) in [5, 5.41) is 12.0. The highest BCUT2D eigenvalue weighted by molar-refractivity contribution is 5.83. The first-order valence-electron chi connectivity index (χ1n) is 8.91. The van der Waals surface area contributed by atoms with Crippen molar-refractivity contribution in [2.75, 3.05) is 5.32 Å². The number of aromatic nitrogens is 5. The van der Waals surface area contributed by atoms with Crippen LogP contribution in [0.25, 0.3) is 21.9 Å². The lowest BCUT2D eigenvalue weighted by Crippen LogP contribution is -2.13. The van der Waals surface area contributed by atoms with Crippen LogP contribution in [0.2, 0.25) is 0 Å². The third kappa shape index (κ3) is 2.81. The topological polar surface area (TPSA) is 71.4 Å². The Hall–Kier alpha value is -3.03. The van der Waals surface area contributed by atoms with Gasteiger partial charge in [0.25, 0.3) is 0 Å². The van der Waals surface area contributed by atoms with Gasteiger partial charge in [0.2, 0.25) is 11.9 Å². The average molecular weight is 368 g/mol. The van der Waals surface area contributed by atoms with Crippen molar-refractivity contribution < 1.29 is 8.78 Å². The Morgan fingerprint density at radius 1 is 1.22 bits per heavy atom. The summed E-state index contributed by atoms with van der Waals surface area (Å²) in [5.74, 6) is -2.16. The second-order valence-corrected chi connectivity index (χ2v) is 7.18. The number of nitrogens with zero attached hydrogens (tertiary/aromatic N) is 4. The zero-order valence-electron chi connectivity index (χ0n) is 14.7. The maximum Gasteiger partial charge on any atom is 0.250 e. The van der Waals surface area contributed by atoms with Gasteiger partial charge in [0.05, 0.1) is 11.7 Å². The molecule has 27 heavy (non-hydrogen) atoms. The third-order valence-electron chi connectivity index (χ3n) is 5.21. The molecule has 1 aliphatic carbocycles. The number of nitrogens with one attached hydrogen (secondary N) is 2. The third-order valence-corrected chi connectivity index (χ3v) is 5.21. The van der Waals surface area contributed by atoms with E-state index in [1.807, 2.05) is 35.8 Å². The molecule has 1 saturated carbocycles. The average Bonchev–Trinajstić information content (AvgIpc) is 3.30. The normalized spacial score (nSPS) is 19.1. The van der Waals surface area contributed by atoms with Crippen LogP contribution in [-0.4, -0.2) is 30.7 Å². The summed E-state index contributed by atoms with van der Waals surface area (Å²) in [6, 6.07) is 7.51. The first-order chi connectivity index (χ1) is 13.0. The van der Waals surface area contributed by atoms with E-state index in [2.05, 4.69) is 25.5 Å². The smallest absolute Gasteiger partial charge is 0.250 e. The van der Waals surface area contributed by atoms with E-state index >= 15 is 0 Å². The molecule has 8 heteroatoms. The van der Waals surface area contributed by atoms with E-state index in [9.17, 15) is 8.78 Å². The SMILES string of the molecule is Cc1cc2cnc(Nc3ccc4[nH]ncc4c3)nc2n1C1CCC(F)(F)C1. The van der Waals surface area contributed by atoms with Gasteiger partial charge in [-0.05, 0) is 37.6 Å². The van der Waals surface area contributed by atoms with Crippen LogP contribution in [0.5, 0.6) is 0 Å². The van der Waals surface area contributed by atoms with E-state index in [4.69, 9.17) is 0 Å². The Morgan fingerprint density at radius 2 is 2.11 bits per heavy atom. The molecule has 1 fully saturated rings. The number of fused-ring (bicyclic) bond motifs is 2. The van der Waals surface area contributed by atoms with E-state index < -0.39 is 5.92 Å². The number of rotatable bonds is 3. The monoisotopic (exact) mass is 368 g/mol. The number of anilines is 2. The van der Waals surface area contributed by atoms with Crippen LogP contribution in [-0.2, 0) is 0 Å². The van der Waals surface area contributed by atoms with Crippen molar-refractivity contribution in [1.82, 2.24) is 24.7 Å². The molecule has 0 spiro atoms. The fraction of sp³-hybridized carbons (Fsp3) is 0.316. The van der Waals surface area contributed by atoms with Crippen LogP contribution in [0.3, 0.4) is 0 Å². The summed E-state index contributed by atoms with van der Waals surface area (Å²) in [6.45, 7) is 1.93. The number of halogens is 2. The number of aryl methyl sites for hydroxylation is 1. The van der Waals surface area contributed by atoms with Crippen molar-refractivity contribution in [2.45, 2.75) is 38.2 Å². The van der Waals surface area contributed by atoms with E-state index in [1.165, 1.54) is 0 Å². The predicted molar refractivity (Wildman–Crippen MR) is 99.5 cm³/mol. The van der Waals surface area contributed by atoms with Crippen LogP contribution in [0.1, 0.15) is 31.0 Å². The maximum atomic E-state index is 13.7. The van der Waals surface area contributed by atoms with Gasteiger partial charge in [-0.3, -0.25) is 5.10 Å². The quantitative estimate of drug-likeness (QED) is 0.549. The van der Waals surface area contributed by atoms with E-state index in [0.717, 1.165) is 27.7 Å². The number of aromatic amines is 1. The Kier molecular flexibility index (Phi) is 3.43. The molecule has 1 aromatic carbocycles. The van der Waals surface area contributed by atoms with Gasteiger partial charge in [-0.2, -0.15) is 10.1 Å². The highest BCUT2D eigenvalue weighted by Gasteiger charge is 2.41. The molecular weight excluding hydrogens is 350 g/mol. The molecule has 5 rings (SSSR count). The van der Waals surface area contributed by atoms with Crippen LogP contribution in [0, 0.1) is 6.92 Å². The Bertz CT molecular complexity index is 1150. The van der Waals surface area contributed by atoms with Crippen molar-refractivity contribution in [1.29, 1.82) is 0 Å². The van der Waals surface area contributed by atoms with Gasteiger partial charge in [-0.15, -0.1) is 0 Å². The van der Waals surface area contributed by atoms with Crippen molar-refractivity contribution >= 4 is 33.6 Å². The van der Waals surface area contributed by atoms with Crippen molar-refractivity contribution in [3.05, 3.63) is 42.4 Å². The highest BCUT2D eigenvalue weighted by atomic mass is 19.3. The zero-order chi connectivity index (χ0) is 18.6. The van der Waals surface area contributed by atoms with Gasteiger partial charge < -0.3 is 9.88 Å². The number of hydrogen-bond acceptors (Lipinski definition) is 4. The Balaban J connectivity index is 1.51. The van der Waals surface area contributed by atoms with Crippen molar-refractivity contribution in [2.24, 2.45) is 0 Å². The first kappa shape index (κ1) is 16.2. The molecule has 3 heterocycles. The minimum Gasteiger partial charge on any atom is -0.326 e. The summed E-state index contributed by atoms with van der Waals surface area (Å²) in [5.41, 5.74) is 3.41. The Labute approximate surface area is 153 Å². The molecule has 4 aromatic rings. The minimum atomic E-state index is -2.60. The van der Waals surface area contributed by atoms with Crippen molar-refractivity contribution in [3.63, 3.8) is 0 Å². The molecule has 0 aliphatic heterocycles. The second-order valence-electron chi connectivity index (χ2n) is 7.18. The van der Waals surface area contributed by atoms with Gasteiger partial charge >= 0.3 is 0 Å². The molecule has 3 aromatic heterocycles. The lowest BCUT2D eigenvalue weighted by Gasteiger charge is -2.16. The predicted octanol–water partition coefficient (Wildman–Crippen LogP) is 4.72. The molecule has 0 amide bonds. The maximum absolute atomic E-state index is 13.7. The summed E-state index contributed by atoms with van der Waals surface area (Å²) >= 11 is 0. The zero-order valence-corrected chi connectivity index (χ0v) is 14.7. The standard InChI is InChI=1S/C19H18F2N6/c1-11-6-13-9-22-18(24-14-2-3-16-12(7-14)10-23-26-16)25-17(13)27(11)15-4-5-19(20,21)8-15/h2-3,6-7,9-10,15H,4-5,8H2,1H3,(H,23,26)(H,22,24,25). The van der Waals surface area contributed by atoms with Crippen LogP contribution in [0.4, 0.5) is 20.4 Å². The van der Waals surface area contributed by atoms with Gasteiger partial charge in [0, 0.05) is 47.2 Å². The highest BCUT2D eigenvalue weighted by Crippen LogP contribution is 2.43. The summed E-state index contributed by atoms with van der Waals surface area (Å²) < 4.78 is 29.4. The number of hydrogen-bond donors (Lipinski definition) is 2. The summed E-state index contributed by atoms with van der Waals surface area (Å²) in [7, 11) is 0. The molecule has 0 saturated heterocycles. The van der Waals surface area contributed by atoms with Gasteiger partial charge in [-0.25, -0.2) is 13.8 Å². The lowest BCUT2D eigenvalue weighted by molar-refractivity contribution is 0.00573. The lowest BCUT2D eigenvalue weighted by atomic mass is 10.2. The molecule has 0 bridgehead atoms. The van der Waals surface area contributed by atoms with Crippen molar-refractivity contribution in [3.8, 4) is 0 Å². The van der Waals surface area contributed by atoms with E-state index in [0.29, 0.717) is 18.0 Å². The summed E-state index contributed by atoms with van der Waals surface area (Å²) in [4.78, 5) is 9.00. The molecule has 1 aliphatic rings. The summed E-state index contributed by atoms with van der Waals surface area (Å²) in [6.07, 6.45) is 3.73. The van der Waals surface area contributed by atoms with Gasteiger partial charge in [0.1, 0.15) is 5.65 Å². The van der Waals surface area contributed by atoms with E-state index in [1.54, 1.807) is 12.4 Å². The Morgan fingerprint density at radius 3 is 2.93 bits per heavy atom. The first-order valence-corrected chi connectivity index (χ1v) is 8.91. The number of H-pyrrole nitrogens is 1. The van der Waals surface area contributed by atoms with Crippen LogP contribution >= 0.6 is 0 Å². The van der Waals surface area contributed by atoms with Crippen LogP contribution in [0.15, 0.2) is 36.7 Å². The number of benzene rings is 1. The second kappa shape index (κ2) is 5.73. The molecule has 0 radical (unpaired) electrons. The molecule has 2 N–H and O–H groups in total. The largest absolute Gasteiger partial charge is 0.326 e. The van der Waals surface area contributed by atoms with E-state index in [-0.39, 0.29) is 18.9 Å². The molecule has 138 valence electrons. The molecule has 6 nitrogen and oxygen atoms in total. The van der Waals surface area contributed by atoms with Gasteiger partial charge in [0.15, 0.2) is 0 Å². The molecule has 1 unspecified atom stereocenters. The number of alkyl halides is 2. The minimum absolute atomic E-state index is 0.0717. The van der Waals surface area contributed by atoms with Gasteiger partial charge in [-0.1, -0.05) is 0 Å².